The molecule has 2 aliphatic rings. The van der Waals surface area contributed by atoms with Gasteiger partial charge < -0.3 is 4.74 Å². The molecule has 0 amide bonds. The molecule has 0 bridgehead atoms. The fourth-order valence-electron chi connectivity index (χ4n) is 4.93. The van der Waals surface area contributed by atoms with Gasteiger partial charge in [0.25, 0.3) is 0 Å². The van der Waals surface area contributed by atoms with Gasteiger partial charge in [0, 0.05) is 0 Å². The zero-order valence-electron chi connectivity index (χ0n) is 16.9. The van der Waals surface area contributed by atoms with E-state index in [4.69, 9.17) is 4.74 Å². The second-order valence-electron chi connectivity index (χ2n) is 8.93. The summed E-state index contributed by atoms with van der Waals surface area (Å²) in [7, 11) is 0. The van der Waals surface area contributed by atoms with Crippen LogP contribution in [-0.2, 0) is 9.53 Å². The van der Waals surface area contributed by atoms with E-state index in [0.717, 1.165) is 12.3 Å². The SMILES string of the molecule is Cc1ccc(C(C)C2CCC(C(C)C3CCC(C)CC3)OC2=O)c(F)c1F. The summed E-state index contributed by atoms with van der Waals surface area (Å²) in [4.78, 5) is 12.7. The van der Waals surface area contributed by atoms with Crippen molar-refractivity contribution in [1.82, 2.24) is 0 Å². The molecule has 4 atom stereocenters. The summed E-state index contributed by atoms with van der Waals surface area (Å²) in [6.07, 6.45) is 6.38. The second-order valence-corrected chi connectivity index (χ2v) is 8.93. The number of esters is 1. The second kappa shape index (κ2) is 8.28. The Hall–Kier alpha value is -1.45. The molecule has 4 unspecified atom stereocenters. The standard InChI is InChI=1S/C23H32F2O2/c1-13-5-8-17(9-6-13)15(3)20-12-11-19(23(26)27-20)16(4)18-10-7-14(2)21(24)22(18)25/h7,10,13,15-17,19-20H,5-6,8-9,11-12H2,1-4H3. The number of carbonyl (C=O) groups excluding carboxylic acids is 1. The van der Waals surface area contributed by atoms with Gasteiger partial charge in [-0.3, -0.25) is 4.79 Å². The van der Waals surface area contributed by atoms with Gasteiger partial charge in [0.1, 0.15) is 6.10 Å². The van der Waals surface area contributed by atoms with E-state index >= 15 is 0 Å². The first kappa shape index (κ1) is 20.3. The summed E-state index contributed by atoms with van der Waals surface area (Å²) in [5.74, 6) is -0.907. The summed E-state index contributed by atoms with van der Waals surface area (Å²) in [6.45, 7) is 7.85. The van der Waals surface area contributed by atoms with Crippen LogP contribution in [0.3, 0.4) is 0 Å². The van der Waals surface area contributed by atoms with Gasteiger partial charge in [-0.1, -0.05) is 45.7 Å². The molecule has 3 rings (SSSR count). The number of rotatable bonds is 4. The highest BCUT2D eigenvalue weighted by molar-refractivity contribution is 5.74. The lowest BCUT2D eigenvalue weighted by atomic mass is 9.73. The summed E-state index contributed by atoms with van der Waals surface area (Å²) in [6, 6.07) is 3.18. The number of carbonyl (C=O) groups is 1. The minimum Gasteiger partial charge on any atom is -0.462 e. The van der Waals surface area contributed by atoms with Crippen LogP contribution in [0.2, 0.25) is 0 Å². The molecule has 4 heteroatoms. The molecule has 150 valence electrons. The van der Waals surface area contributed by atoms with Crippen molar-refractivity contribution in [1.29, 1.82) is 0 Å². The number of ether oxygens (including phenoxy) is 1. The van der Waals surface area contributed by atoms with Crippen molar-refractivity contribution >= 4 is 5.97 Å². The van der Waals surface area contributed by atoms with Crippen molar-refractivity contribution in [2.75, 3.05) is 0 Å². The van der Waals surface area contributed by atoms with Gasteiger partial charge in [0.15, 0.2) is 11.6 Å². The maximum atomic E-state index is 14.3. The normalized spacial score (nSPS) is 31.3. The van der Waals surface area contributed by atoms with Gasteiger partial charge in [-0.25, -0.2) is 8.78 Å². The van der Waals surface area contributed by atoms with E-state index in [1.54, 1.807) is 26.0 Å². The highest BCUT2D eigenvalue weighted by atomic mass is 19.2. The Morgan fingerprint density at radius 1 is 1.00 bits per heavy atom. The topological polar surface area (TPSA) is 26.3 Å². The number of halogens is 2. The van der Waals surface area contributed by atoms with Gasteiger partial charge in [-0.05, 0) is 67.4 Å². The first-order valence-corrected chi connectivity index (χ1v) is 10.4. The largest absolute Gasteiger partial charge is 0.462 e. The molecule has 2 nitrogen and oxygen atoms in total. The van der Waals surface area contributed by atoms with Gasteiger partial charge >= 0.3 is 5.97 Å². The van der Waals surface area contributed by atoms with Crippen LogP contribution in [0.5, 0.6) is 0 Å². The van der Waals surface area contributed by atoms with Gasteiger partial charge in [0.2, 0.25) is 0 Å². The molecule has 0 spiro atoms. The molecule has 0 radical (unpaired) electrons. The first-order chi connectivity index (χ1) is 12.8. The van der Waals surface area contributed by atoms with E-state index in [0.29, 0.717) is 18.3 Å². The van der Waals surface area contributed by atoms with E-state index in [9.17, 15) is 13.6 Å². The Kier molecular flexibility index (Phi) is 6.22. The predicted molar refractivity (Wildman–Crippen MR) is 102 cm³/mol. The molecule has 0 aromatic heterocycles. The number of benzene rings is 1. The molecule has 1 saturated carbocycles. The van der Waals surface area contributed by atoms with Gasteiger partial charge in [-0.2, -0.15) is 0 Å². The van der Waals surface area contributed by atoms with Crippen molar-refractivity contribution in [2.45, 2.75) is 78.2 Å². The molecule has 1 heterocycles. The van der Waals surface area contributed by atoms with Crippen LogP contribution in [-0.4, -0.2) is 12.1 Å². The summed E-state index contributed by atoms with van der Waals surface area (Å²) in [5.41, 5.74) is 0.554. The summed E-state index contributed by atoms with van der Waals surface area (Å²) in [5, 5.41) is 0. The lowest BCUT2D eigenvalue weighted by Crippen LogP contribution is -2.39. The van der Waals surface area contributed by atoms with Crippen molar-refractivity contribution in [3.63, 3.8) is 0 Å². The molecule has 1 aromatic carbocycles. The molecule has 0 N–H and O–H groups in total. The molecular formula is C23H32F2O2. The third kappa shape index (κ3) is 4.20. The number of aryl methyl sites for hydroxylation is 1. The minimum absolute atomic E-state index is 0.0426. The van der Waals surface area contributed by atoms with E-state index in [1.807, 2.05) is 0 Å². The van der Waals surface area contributed by atoms with E-state index in [1.165, 1.54) is 25.7 Å². The zero-order chi connectivity index (χ0) is 19.7. The van der Waals surface area contributed by atoms with Crippen LogP contribution in [0.1, 0.15) is 76.3 Å². The number of cyclic esters (lactones) is 1. The maximum Gasteiger partial charge on any atom is 0.309 e. The average molecular weight is 379 g/mol. The highest BCUT2D eigenvalue weighted by Gasteiger charge is 2.39. The maximum absolute atomic E-state index is 14.3. The molecule has 1 aliphatic carbocycles. The minimum atomic E-state index is -0.831. The monoisotopic (exact) mass is 378 g/mol. The fraction of sp³-hybridized carbons (Fsp3) is 0.696. The van der Waals surface area contributed by atoms with Crippen molar-refractivity contribution in [3.8, 4) is 0 Å². The fourth-order valence-corrected chi connectivity index (χ4v) is 4.93. The van der Waals surface area contributed by atoms with Crippen LogP contribution < -0.4 is 0 Å². The molecule has 27 heavy (non-hydrogen) atoms. The van der Waals surface area contributed by atoms with Crippen LogP contribution in [0, 0.1) is 42.2 Å². The van der Waals surface area contributed by atoms with Gasteiger partial charge in [-0.15, -0.1) is 0 Å². The van der Waals surface area contributed by atoms with Crippen molar-refractivity contribution in [2.24, 2.45) is 23.7 Å². The first-order valence-electron chi connectivity index (χ1n) is 10.4. The molecular weight excluding hydrogens is 346 g/mol. The van der Waals surface area contributed by atoms with E-state index < -0.39 is 17.6 Å². The summed E-state index contributed by atoms with van der Waals surface area (Å²) < 4.78 is 34.1. The number of hydrogen-bond acceptors (Lipinski definition) is 2. The molecule has 2 fully saturated rings. The smallest absolute Gasteiger partial charge is 0.309 e. The molecule has 1 aromatic rings. The van der Waals surface area contributed by atoms with Crippen LogP contribution in [0.4, 0.5) is 8.78 Å². The third-order valence-corrected chi connectivity index (χ3v) is 7.12. The van der Waals surface area contributed by atoms with Gasteiger partial charge in [0.05, 0.1) is 5.92 Å². The Labute approximate surface area is 161 Å². The van der Waals surface area contributed by atoms with Crippen LogP contribution >= 0.6 is 0 Å². The third-order valence-electron chi connectivity index (χ3n) is 7.12. The Morgan fingerprint density at radius 2 is 1.67 bits per heavy atom. The zero-order valence-corrected chi connectivity index (χ0v) is 16.9. The van der Waals surface area contributed by atoms with E-state index in [-0.39, 0.29) is 29.1 Å². The van der Waals surface area contributed by atoms with Crippen molar-refractivity contribution in [3.05, 3.63) is 34.9 Å². The van der Waals surface area contributed by atoms with Crippen LogP contribution in [0.25, 0.3) is 0 Å². The van der Waals surface area contributed by atoms with Crippen molar-refractivity contribution < 1.29 is 18.3 Å². The Morgan fingerprint density at radius 3 is 2.30 bits per heavy atom. The number of hydrogen-bond donors (Lipinski definition) is 0. The lowest BCUT2D eigenvalue weighted by Gasteiger charge is -2.39. The Bertz CT molecular complexity index is 679. The van der Waals surface area contributed by atoms with E-state index in [2.05, 4.69) is 13.8 Å². The average Bonchev–Trinajstić information content (AvgIpc) is 2.66. The lowest BCUT2D eigenvalue weighted by molar-refractivity contribution is -0.166. The quantitative estimate of drug-likeness (QED) is 0.586. The summed E-state index contributed by atoms with van der Waals surface area (Å²) >= 11 is 0. The Balaban J connectivity index is 1.65. The molecule has 1 aliphatic heterocycles. The van der Waals surface area contributed by atoms with Crippen LogP contribution in [0.15, 0.2) is 12.1 Å². The highest BCUT2D eigenvalue weighted by Crippen LogP contribution is 2.41. The predicted octanol–water partition coefficient (Wildman–Crippen LogP) is 6.16. The molecule has 1 saturated heterocycles.